The Balaban J connectivity index is 2.10. The molecule has 2 unspecified atom stereocenters. The summed E-state index contributed by atoms with van der Waals surface area (Å²) in [5.41, 5.74) is -0.319. The molecule has 1 aliphatic heterocycles. The highest BCUT2D eigenvalue weighted by Gasteiger charge is 2.35. The van der Waals surface area contributed by atoms with Gasteiger partial charge in [-0.1, -0.05) is 33.6 Å². The van der Waals surface area contributed by atoms with Crippen LogP contribution in [0.3, 0.4) is 0 Å². The maximum Gasteiger partial charge on any atom is 0.116 e. The van der Waals surface area contributed by atoms with Gasteiger partial charge < -0.3 is 5.32 Å². The van der Waals surface area contributed by atoms with Crippen LogP contribution in [0.1, 0.15) is 25.3 Å². The van der Waals surface area contributed by atoms with Crippen molar-refractivity contribution in [1.82, 2.24) is 5.32 Å². The molecule has 18 heavy (non-hydrogen) atoms. The van der Waals surface area contributed by atoms with Gasteiger partial charge in [0.2, 0.25) is 0 Å². The molecule has 2 atom stereocenters. The number of nitrogens with one attached hydrogen (secondary N) is 1. The number of alkyl halides is 1. The van der Waals surface area contributed by atoms with Crippen LogP contribution in [0.15, 0.2) is 22.7 Å². The quantitative estimate of drug-likeness (QED) is 0.865. The van der Waals surface area contributed by atoms with Gasteiger partial charge in [-0.25, -0.2) is 4.39 Å². The van der Waals surface area contributed by atoms with Crippen molar-refractivity contribution in [3.63, 3.8) is 0 Å². The number of halogens is 3. The standard InChI is InChI=1S/C14H18BrClFN/c1-14(17,11-3-2-6-18-9-11)8-10-4-5-12(15)7-13(10)16/h4-5,7,11,18H,2-3,6,8-9H2,1H3. The first kappa shape index (κ1) is 14.3. The van der Waals surface area contributed by atoms with E-state index in [-0.39, 0.29) is 5.92 Å². The summed E-state index contributed by atoms with van der Waals surface area (Å²) in [5.74, 6) is 0.0750. The molecule has 0 bridgehead atoms. The van der Waals surface area contributed by atoms with Crippen molar-refractivity contribution >= 4 is 27.5 Å². The van der Waals surface area contributed by atoms with Crippen LogP contribution < -0.4 is 5.32 Å². The Morgan fingerprint density at radius 1 is 1.56 bits per heavy atom. The van der Waals surface area contributed by atoms with Crippen LogP contribution in [0.4, 0.5) is 4.39 Å². The summed E-state index contributed by atoms with van der Waals surface area (Å²) >= 11 is 9.53. The highest BCUT2D eigenvalue weighted by atomic mass is 79.9. The van der Waals surface area contributed by atoms with Gasteiger partial charge in [0, 0.05) is 28.4 Å². The van der Waals surface area contributed by atoms with E-state index in [0.29, 0.717) is 11.4 Å². The third-order valence-electron chi connectivity index (χ3n) is 3.70. The number of rotatable bonds is 3. The first-order valence-electron chi connectivity index (χ1n) is 6.32. The predicted octanol–water partition coefficient (Wildman–Crippen LogP) is 4.37. The Kier molecular flexibility index (Phi) is 4.68. The summed E-state index contributed by atoms with van der Waals surface area (Å²) in [6.07, 6.45) is 2.39. The van der Waals surface area contributed by atoms with E-state index in [9.17, 15) is 4.39 Å². The van der Waals surface area contributed by atoms with Crippen LogP contribution >= 0.6 is 27.5 Å². The second-order valence-electron chi connectivity index (χ2n) is 5.23. The van der Waals surface area contributed by atoms with E-state index in [1.165, 1.54) is 0 Å². The molecule has 2 rings (SSSR count). The lowest BCUT2D eigenvalue weighted by Gasteiger charge is -2.34. The zero-order valence-electron chi connectivity index (χ0n) is 10.5. The molecule has 1 aromatic carbocycles. The van der Waals surface area contributed by atoms with Crippen LogP contribution in [0.5, 0.6) is 0 Å². The van der Waals surface area contributed by atoms with Gasteiger partial charge in [-0.15, -0.1) is 0 Å². The molecule has 1 N–H and O–H groups in total. The van der Waals surface area contributed by atoms with Crippen molar-refractivity contribution in [2.24, 2.45) is 5.92 Å². The second-order valence-corrected chi connectivity index (χ2v) is 6.56. The fourth-order valence-corrected chi connectivity index (χ4v) is 3.29. The van der Waals surface area contributed by atoms with Crippen molar-refractivity contribution in [1.29, 1.82) is 0 Å². The van der Waals surface area contributed by atoms with Crippen molar-refractivity contribution < 1.29 is 4.39 Å². The third kappa shape index (κ3) is 3.46. The maximum atomic E-state index is 14.8. The lowest BCUT2D eigenvalue weighted by atomic mass is 9.81. The molecule has 0 aromatic heterocycles. The Bertz CT molecular complexity index is 416. The topological polar surface area (TPSA) is 12.0 Å². The molecule has 1 aliphatic rings. The number of piperidine rings is 1. The summed E-state index contributed by atoms with van der Waals surface area (Å²) in [4.78, 5) is 0. The van der Waals surface area contributed by atoms with Crippen LogP contribution in [-0.4, -0.2) is 18.8 Å². The average Bonchev–Trinajstić information content (AvgIpc) is 2.34. The van der Waals surface area contributed by atoms with Crippen molar-refractivity contribution in [2.75, 3.05) is 13.1 Å². The lowest BCUT2D eigenvalue weighted by molar-refractivity contribution is 0.0834. The first-order valence-corrected chi connectivity index (χ1v) is 7.50. The third-order valence-corrected chi connectivity index (χ3v) is 4.54. The molecule has 1 saturated heterocycles. The molecule has 100 valence electrons. The van der Waals surface area contributed by atoms with Crippen LogP contribution in [-0.2, 0) is 6.42 Å². The Hall–Kier alpha value is -0.120. The second kappa shape index (κ2) is 5.89. The molecule has 0 amide bonds. The highest BCUT2D eigenvalue weighted by Crippen LogP contribution is 2.33. The average molecular weight is 335 g/mol. The molecule has 4 heteroatoms. The largest absolute Gasteiger partial charge is 0.316 e. The number of benzene rings is 1. The van der Waals surface area contributed by atoms with E-state index < -0.39 is 5.67 Å². The summed E-state index contributed by atoms with van der Waals surface area (Å²) < 4.78 is 15.8. The zero-order valence-corrected chi connectivity index (χ0v) is 12.8. The fraction of sp³-hybridized carbons (Fsp3) is 0.571. The molecule has 1 aromatic rings. The fourth-order valence-electron chi connectivity index (χ4n) is 2.55. The minimum Gasteiger partial charge on any atom is -0.316 e. The van der Waals surface area contributed by atoms with E-state index >= 15 is 0 Å². The molecule has 0 aliphatic carbocycles. The van der Waals surface area contributed by atoms with Gasteiger partial charge >= 0.3 is 0 Å². The lowest BCUT2D eigenvalue weighted by Crippen LogP contribution is -2.42. The summed E-state index contributed by atoms with van der Waals surface area (Å²) in [6.45, 7) is 3.47. The summed E-state index contributed by atoms with van der Waals surface area (Å²) in [5, 5.41) is 3.91. The molecule has 0 saturated carbocycles. The number of hydrogen-bond donors (Lipinski definition) is 1. The van der Waals surface area contributed by atoms with Crippen molar-refractivity contribution in [3.05, 3.63) is 33.3 Å². The van der Waals surface area contributed by atoms with Crippen LogP contribution in [0.25, 0.3) is 0 Å². The van der Waals surface area contributed by atoms with Gasteiger partial charge in [-0.05, 0) is 44.0 Å². The SMILES string of the molecule is CC(F)(Cc1ccc(Br)cc1Cl)C1CCCNC1. The minimum absolute atomic E-state index is 0.0750. The first-order chi connectivity index (χ1) is 8.49. The summed E-state index contributed by atoms with van der Waals surface area (Å²) in [7, 11) is 0. The highest BCUT2D eigenvalue weighted by molar-refractivity contribution is 9.10. The van der Waals surface area contributed by atoms with Crippen LogP contribution in [0.2, 0.25) is 5.02 Å². The van der Waals surface area contributed by atoms with Gasteiger partial charge in [0.15, 0.2) is 0 Å². The normalized spacial score (nSPS) is 23.7. The van der Waals surface area contributed by atoms with E-state index in [0.717, 1.165) is 36.0 Å². The van der Waals surface area contributed by atoms with E-state index in [2.05, 4.69) is 21.2 Å². The van der Waals surface area contributed by atoms with Gasteiger partial charge in [0.25, 0.3) is 0 Å². The van der Waals surface area contributed by atoms with Gasteiger partial charge in [-0.2, -0.15) is 0 Å². The molecule has 1 fully saturated rings. The minimum atomic E-state index is -1.20. The predicted molar refractivity (Wildman–Crippen MR) is 78.0 cm³/mol. The van der Waals surface area contributed by atoms with Gasteiger partial charge in [-0.3, -0.25) is 0 Å². The Labute approximate surface area is 121 Å². The van der Waals surface area contributed by atoms with E-state index in [4.69, 9.17) is 11.6 Å². The smallest absolute Gasteiger partial charge is 0.116 e. The van der Waals surface area contributed by atoms with Crippen LogP contribution in [0, 0.1) is 5.92 Å². The Morgan fingerprint density at radius 2 is 2.33 bits per heavy atom. The molecule has 0 radical (unpaired) electrons. The Morgan fingerprint density at radius 3 is 2.94 bits per heavy atom. The number of hydrogen-bond acceptors (Lipinski definition) is 1. The molecule has 1 nitrogen and oxygen atoms in total. The van der Waals surface area contributed by atoms with E-state index in [1.807, 2.05) is 18.2 Å². The van der Waals surface area contributed by atoms with Gasteiger partial charge in [0.05, 0.1) is 0 Å². The van der Waals surface area contributed by atoms with Crippen molar-refractivity contribution in [2.45, 2.75) is 31.9 Å². The maximum absolute atomic E-state index is 14.8. The van der Waals surface area contributed by atoms with E-state index in [1.54, 1.807) is 6.92 Å². The molecular formula is C14H18BrClFN. The monoisotopic (exact) mass is 333 g/mol. The van der Waals surface area contributed by atoms with Gasteiger partial charge in [0.1, 0.15) is 5.67 Å². The van der Waals surface area contributed by atoms with Crippen molar-refractivity contribution in [3.8, 4) is 0 Å². The molecule has 0 spiro atoms. The summed E-state index contributed by atoms with van der Waals surface area (Å²) in [6, 6.07) is 5.64. The molecule has 1 heterocycles. The zero-order chi connectivity index (χ0) is 13.2. The molecular weight excluding hydrogens is 317 g/mol.